The molecule has 0 saturated carbocycles. The van der Waals surface area contributed by atoms with Crippen molar-refractivity contribution in [3.8, 4) is 11.5 Å². The molecule has 0 saturated heterocycles. The number of methoxy groups -OCH3 is 2. The highest BCUT2D eigenvalue weighted by molar-refractivity contribution is 5.92. The minimum atomic E-state index is -0.0330. The van der Waals surface area contributed by atoms with E-state index in [2.05, 4.69) is 32.2 Å². The second kappa shape index (κ2) is 8.26. The van der Waals surface area contributed by atoms with Gasteiger partial charge >= 0.3 is 0 Å². The molecule has 140 valence electrons. The molecule has 0 aromatic heterocycles. The van der Waals surface area contributed by atoms with E-state index in [9.17, 15) is 4.79 Å². The molecular formula is C22H29NO3. The van der Waals surface area contributed by atoms with Gasteiger partial charge in [0.2, 0.25) is 5.91 Å². The molecule has 2 aromatic carbocycles. The molecule has 2 rings (SSSR count). The van der Waals surface area contributed by atoms with Crippen LogP contribution in [0.25, 0.3) is 0 Å². The summed E-state index contributed by atoms with van der Waals surface area (Å²) < 4.78 is 10.7. The van der Waals surface area contributed by atoms with Crippen molar-refractivity contribution in [2.75, 3.05) is 19.5 Å². The number of para-hydroxylation sites is 1. The summed E-state index contributed by atoms with van der Waals surface area (Å²) in [4.78, 5) is 12.6. The predicted octanol–water partition coefficient (Wildman–Crippen LogP) is 5.13. The van der Waals surface area contributed by atoms with Crippen molar-refractivity contribution in [2.45, 2.75) is 45.4 Å². The van der Waals surface area contributed by atoms with Gasteiger partial charge in [0.15, 0.2) is 0 Å². The minimum absolute atomic E-state index is 0.00734. The number of carbonyl (C=O) groups excluding carboxylic acids is 1. The normalized spacial score (nSPS) is 12.4. The van der Waals surface area contributed by atoms with Crippen LogP contribution in [-0.4, -0.2) is 20.1 Å². The van der Waals surface area contributed by atoms with Gasteiger partial charge < -0.3 is 14.8 Å². The van der Waals surface area contributed by atoms with Gasteiger partial charge in [0.25, 0.3) is 0 Å². The average molecular weight is 355 g/mol. The number of benzene rings is 2. The predicted molar refractivity (Wildman–Crippen MR) is 106 cm³/mol. The van der Waals surface area contributed by atoms with E-state index < -0.39 is 0 Å². The monoisotopic (exact) mass is 355 g/mol. The van der Waals surface area contributed by atoms with Gasteiger partial charge in [-0.1, -0.05) is 52.0 Å². The number of carbonyl (C=O) groups is 1. The topological polar surface area (TPSA) is 47.6 Å². The zero-order chi connectivity index (χ0) is 19.3. The van der Waals surface area contributed by atoms with Gasteiger partial charge in [-0.2, -0.15) is 0 Å². The molecule has 1 amide bonds. The van der Waals surface area contributed by atoms with Crippen molar-refractivity contribution in [2.24, 2.45) is 0 Å². The lowest BCUT2D eigenvalue weighted by atomic mass is 9.85. The van der Waals surface area contributed by atoms with Crippen LogP contribution in [0.15, 0.2) is 42.5 Å². The van der Waals surface area contributed by atoms with Crippen LogP contribution < -0.4 is 14.8 Å². The highest BCUT2D eigenvalue weighted by atomic mass is 16.5. The van der Waals surface area contributed by atoms with E-state index in [0.29, 0.717) is 6.42 Å². The maximum absolute atomic E-state index is 12.6. The van der Waals surface area contributed by atoms with E-state index in [4.69, 9.17) is 9.47 Å². The van der Waals surface area contributed by atoms with Crippen molar-refractivity contribution in [3.63, 3.8) is 0 Å². The number of hydrogen-bond donors (Lipinski definition) is 1. The van der Waals surface area contributed by atoms with Crippen molar-refractivity contribution in [1.82, 2.24) is 0 Å². The summed E-state index contributed by atoms with van der Waals surface area (Å²) in [7, 11) is 3.25. The lowest BCUT2D eigenvalue weighted by Gasteiger charge is -2.23. The Morgan fingerprint density at radius 2 is 1.77 bits per heavy atom. The van der Waals surface area contributed by atoms with Gasteiger partial charge in [-0.25, -0.2) is 0 Å². The van der Waals surface area contributed by atoms with Crippen LogP contribution in [0.2, 0.25) is 0 Å². The molecule has 1 N–H and O–H groups in total. The molecule has 0 spiro atoms. The fourth-order valence-corrected chi connectivity index (χ4v) is 3.06. The Bertz CT molecular complexity index is 762. The van der Waals surface area contributed by atoms with Gasteiger partial charge in [-0.05, 0) is 34.6 Å². The minimum Gasteiger partial charge on any atom is -0.497 e. The third-order valence-electron chi connectivity index (χ3n) is 4.47. The SMILES string of the molecule is COc1ccc(C(C)CC(=O)Nc2ccccc2C(C)(C)C)c(OC)c1. The lowest BCUT2D eigenvalue weighted by Crippen LogP contribution is -2.19. The van der Waals surface area contributed by atoms with Gasteiger partial charge in [0, 0.05) is 18.2 Å². The molecule has 0 aliphatic rings. The zero-order valence-corrected chi connectivity index (χ0v) is 16.6. The standard InChI is InChI=1S/C22H29NO3/c1-15(17-12-11-16(25-5)14-20(17)26-6)13-21(24)23-19-10-8-7-9-18(19)22(2,3)4/h7-12,14-15H,13H2,1-6H3,(H,23,24). The summed E-state index contributed by atoms with van der Waals surface area (Å²) in [5.41, 5.74) is 2.96. The van der Waals surface area contributed by atoms with Crippen LogP contribution in [0.3, 0.4) is 0 Å². The van der Waals surface area contributed by atoms with Crippen LogP contribution in [0.1, 0.15) is 51.2 Å². The Hall–Kier alpha value is -2.49. The Morgan fingerprint density at radius 3 is 2.38 bits per heavy atom. The molecule has 4 nitrogen and oxygen atoms in total. The summed E-state index contributed by atoms with van der Waals surface area (Å²) in [5.74, 6) is 1.49. The van der Waals surface area contributed by atoms with E-state index in [1.165, 1.54) is 0 Å². The molecule has 4 heteroatoms. The summed E-state index contributed by atoms with van der Waals surface area (Å²) in [6.07, 6.45) is 0.376. The smallest absolute Gasteiger partial charge is 0.224 e. The van der Waals surface area contributed by atoms with Crippen LogP contribution in [0.4, 0.5) is 5.69 Å². The molecular weight excluding hydrogens is 326 g/mol. The van der Waals surface area contributed by atoms with E-state index in [1.54, 1.807) is 14.2 Å². The van der Waals surface area contributed by atoms with Gasteiger partial charge in [-0.15, -0.1) is 0 Å². The fourth-order valence-electron chi connectivity index (χ4n) is 3.06. The number of ether oxygens (including phenoxy) is 2. The summed E-state index contributed by atoms with van der Waals surface area (Å²) in [6, 6.07) is 13.7. The largest absolute Gasteiger partial charge is 0.497 e. The van der Waals surface area contributed by atoms with Crippen LogP contribution in [0.5, 0.6) is 11.5 Å². The lowest BCUT2D eigenvalue weighted by molar-refractivity contribution is -0.116. The summed E-state index contributed by atoms with van der Waals surface area (Å²) in [5, 5.41) is 3.07. The Labute approximate surface area is 156 Å². The molecule has 2 aromatic rings. The van der Waals surface area contributed by atoms with Crippen molar-refractivity contribution < 1.29 is 14.3 Å². The van der Waals surface area contributed by atoms with E-state index >= 15 is 0 Å². The molecule has 0 aliphatic carbocycles. The molecule has 0 fully saturated rings. The van der Waals surface area contributed by atoms with E-state index in [0.717, 1.165) is 28.3 Å². The quantitative estimate of drug-likeness (QED) is 0.781. The Morgan fingerprint density at radius 1 is 1.08 bits per heavy atom. The van der Waals surface area contributed by atoms with Gasteiger partial charge in [0.1, 0.15) is 11.5 Å². The molecule has 1 unspecified atom stereocenters. The first kappa shape index (κ1) is 19.8. The number of rotatable bonds is 6. The van der Waals surface area contributed by atoms with E-state index in [-0.39, 0.29) is 17.2 Å². The number of nitrogens with one attached hydrogen (secondary N) is 1. The maximum Gasteiger partial charge on any atom is 0.224 e. The highest BCUT2D eigenvalue weighted by Crippen LogP contribution is 2.33. The fraction of sp³-hybridized carbons (Fsp3) is 0.409. The van der Waals surface area contributed by atoms with E-state index in [1.807, 2.05) is 43.3 Å². The molecule has 0 bridgehead atoms. The van der Waals surface area contributed by atoms with Crippen molar-refractivity contribution >= 4 is 11.6 Å². The third-order valence-corrected chi connectivity index (χ3v) is 4.47. The first-order valence-electron chi connectivity index (χ1n) is 8.87. The Balaban J connectivity index is 2.14. The maximum atomic E-state index is 12.6. The van der Waals surface area contributed by atoms with Crippen LogP contribution in [-0.2, 0) is 10.2 Å². The molecule has 1 atom stereocenters. The number of hydrogen-bond acceptors (Lipinski definition) is 3. The first-order chi connectivity index (χ1) is 12.3. The molecule has 0 heterocycles. The summed E-state index contributed by atoms with van der Waals surface area (Å²) in [6.45, 7) is 8.45. The zero-order valence-electron chi connectivity index (χ0n) is 16.6. The first-order valence-corrected chi connectivity index (χ1v) is 8.87. The number of amides is 1. The summed E-state index contributed by atoms with van der Waals surface area (Å²) >= 11 is 0. The van der Waals surface area contributed by atoms with Crippen molar-refractivity contribution in [1.29, 1.82) is 0 Å². The average Bonchev–Trinajstić information content (AvgIpc) is 2.60. The Kier molecular flexibility index (Phi) is 6.30. The second-order valence-electron chi connectivity index (χ2n) is 7.56. The van der Waals surface area contributed by atoms with Gasteiger partial charge in [-0.3, -0.25) is 4.79 Å². The molecule has 0 radical (unpaired) electrons. The van der Waals surface area contributed by atoms with Crippen molar-refractivity contribution in [3.05, 3.63) is 53.6 Å². The molecule has 0 aliphatic heterocycles. The highest BCUT2D eigenvalue weighted by Gasteiger charge is 2.20. The van der Waals surface area contributed by atoms with Gasteiger partial charge in [0.05, 0.1) is 14.2 Å². The third kappa shape index (κ3) is 4.78. The molecule has 26 heavy (non-hydrogen) atoms. The number of anilines is 1. The van der Waals surface area contributed by atoms with Crippen LogP contribution in [0, 0.1) is 0 Å². The van der Waals surface area contributed by atoms with Crippen LogP contribution >= 0.6 is 0 Å². The second-order valence-corrected chi connectivity index (χ2v) is 7.56.